The Hall–Kier alpha value is -2.42. The van der Waals surface area contributed by atoms with Crippen molar-refractivity contribution in [3.05, 3.63) is 60.5 Å². The maximum Gasteiger partial charge on any atom is 0.245 e. The summed E-state index contributed by atoms with van der Waals surface area (Å²) in [4.78, 5) is 8.67. The molecule has 0 bridgehead atoms. The van der Waals surface area contributed by atoms with E-state index in [-0.39, 0.29) is 0 Å². The standard InChI is InChI=1S/C15H12N2O/c1-11-5-7-12(8-6-11)14-10-18-15(17-14)13-4-2-3-9-16-13/h2-10H,1H3. The minimum Gasteiger partial charge on any atom is -0.443 e. The summed E-state index contributed by atoms with van der Waals surface area (Å²) in [5, 5.41) is 0. The summed E-state index contributed by atoms with van der Waals surface area (Å²) in [6.07, 6.45) is 3.39. The van der Waals surface area contributed by atoms with Crippen LogP contribution >= 0.6 is 0 Å². The monoisotopic (exact) mass is 236 g/mol. The second-order valence-corrected chi connectivity index (χ2v) is 4.12. The van der Waals surface area contributed by atoms with Crippen LogP contribution in [0.4, 0.5) is 0 Å². The number of benzene rings is 1. The summed E-state index contributed by atoms with van der Waals surface area (Å²) >= 11 is 0. The van der Waals surface area contributed by atoms with Crippen molar-refractivity contribution in [3.8, 4) is 22.8 Å². The van der Waals surface area contributed by atoms with Crippen molar-refractivity contribution in [2.75, 3.05) is 0 Å². The summed E-state index contributed by atoms with van der Waals surface area (Å²) in [5.41, 5.74) is 3.85. The minimum atomic E-state index is 0.547. The summed E-state index contributed by atoms with van der Waals surface area (Å²) in [6, 6.07) is 13.9. The van der Waals surface area contributed by atoms with Crippen molar-refractivity contribution in [2.24, 2.45) is 0 Å². The molecule has 1 aromatic carbocycles. The van der Waals surface area contributed by atoms with Crippen LogP contribution in [0.1, 0.15) is 5.56 Å². The van der Waals surface area contributed by atoms with Crippen molar-refractivity contribution in [1.82, 2.24) is 9.97 Å². The molecule has 0 atom stereocenters. The lowest BCUT2D eigenvalue weighted by Crippen LogP contribution is -1.82. The number of oxazole rings is 1. The molecule has 0 saturated carbocycles. The number of hydrogen-bond acceptors (Lipinski definition) is 3. The molecule has 0 aliphatic heterocycles. The van der Waals surface area contributed by atoms with Crippen LogP contribution in [-0.2, 0) is 0 Å². The molecule has 0 fully saturated rings. The highest BCUT2D eigenvalue weighted by Crippen LogP contribution is 2.23. The lowest BCUT2D eigenvalue weighted by Gasteiger charge is -1.96. The van der Waals surface area contributed by atoms with Gasteiger partial charge in [-0.05, 0) is 19.1 Å². The zero-order valence-corrected chi connectivity index (χ0v) is 10.00. The van der Waals surface area contributed by atoms with Gasteiger partial charge in [-0.25, -0.2) is 4.98 Å². The number of aromatic nitrogens is 2. The second kappa shape index (κ2) is 4.45. The van der Waals surface area contributed by atoms with E-state index in [1.165, 1.54) is 5.56 Å². The Labute approximate surface area is 105 Å². The van der Waals surface area contributed by atoms with E-state index in [0.29, 0.717) is 5.89 Å². The molecule has 0 spiro atoms. The fourth-order valence-electron chi connectivity index (χ4n) is 1.74. The van der Waals surface area contributed by atoms with E-state index in [0.717, 1.165) is 17.0 Å². The SMILES string of the molecule is Cc1ccc(-c2coc(-c3ccccn3)n2)cc1. The molecule has 18 heavy (non-hydrogen) atoms. The lowest BCUT2D eigenvalue weighted by molar-refractivity contribution is 0.572. The molecule has 2 aromatic heterocycles. The fraction of sp³-hybridized carbons (Fsp3) is 0.0667. The van der Waals surface area contributed by atoms with Crippen LogP contribution in [0.3, 0.4) is 0 Å². The molecule has 3 heteroatoms. The summed E-state index contributed by atoms with van der Waals surface area (Å²) in [7, 11) is 0. The quantitative estimate of drug-likeness (QED) is 0.680. The van der Waals surface area contributed by atoms with E-state index >= 15 is 0 Å². The van der Waals surface area contributed by atoms with Gasteiger partial charge in [-0.1, -0.05) is 35.9 Å². The zero-order chi connectivity index (χ0) is 12.4. The van der Waals surface area contributed by atoms with Gasteiger partial charge in [-0.3, -0.25) is 4.98 Å². The first kappa shape index (κ1) is 10.7. The Morgan fingerprint density at radius 2 is 1.78 bits per heavy atom. The highest BCUT2D eigenvalue weighted by atomic mass is 16.3. The largest absolute Gasteiger partial charge is 0.443 e. The van der Waals surface area contributed by atoms with Crippen molar-refractivity contribution in [1.29, 1.82) is 0 Å². The minimum absolute atomic E-state index is 0.547. The maximum absolute atomic E-state index is 5.46. The molecule has 0 N–H and O–H groups in total. The van der Waals surface area contributed by atoms with E-state index in [1.807, 2.05) is 30.3 Å². The van der Waals surface area contributed by atoms with Gasteiger partial charge in [0.2, 0.25) is 5.89 Å². The van der Waals surface area contributed by atoms with E-state index < -0.39 is 0 Å². The first-order chi connectivity index (χ1) is 8.83. The average molecular weight is 236 g/mol. The predicted molar refractivity (Wildman–Crippen MR) is 69.9 cm³/mol. The molecule has 3 aromatic rings. The number of pyridine rings is 1. The van der Waals surface area contributed by atoms with Crippen LogP contribution in [-0.4, -0.2) is 9.97 Å². The Morgan fingerprint density at radius 3 is 2.50 bits per heavy atom. The molecule has 0 radical (unpaired) electrons. The molecule has 2 heterocycles. The highest BCUT2D eigenvalue weighted by Gasteiger charge is 2.08. The first-order valence-corrected chi connectivity index (χ1v) is 5.77. The third-order valence-corrected chi connectivity index (χ3v) is 2.74. The van der Waals surface area contributed by atoms with E-state index in [4.69, 9.17) is 4.42 Å². The molecule has 0 unspecified atom stereocenters. The second-order valence-electron chi connectivity index (χ2n) is 4.12. The first-order valence-electron chi connectivity index (χ1n) is 5.77. The van der Waals surface area contributed by atoms with Gasteiger partial charge in [-0.2, -0.15) is 0 Å². The van der Waals surface area contributed by atoms with Crippen LogP contribution < -0.4 is 0 Å². The van der Waals surface area contributed by atoms with E-state index in [2.05, 4.69) is 29.0 Å². The molecule has 0 aliphatic carbocycles. The van der Waals surface area contributed by atoms with Gasteiger partial charge >= 0.3 is 0 Å². The van der Waals surface area contributed by atoms with Crippen LogP contribution in [0, 0.1) is 6.92 Å². The number of aryl methyl sites for hydroxylation is 1. The molecule has 0 saturated heterocycles. The van der Waals surface area contributed by atoms with Gasteiger partial charge in [0.05, 0.1) is 0 Å². The topological polar surface area (TPSA) is 38.9 Å². The molecule has 88 valence electrons. The van der Waals surface area contributed by atoms with E-state index in [9.17, 15) is 0 Å². The molecular weight excluding hydrogens is 224 g/mol. The third-order valence-electron chi connectivity index (χ3n) is 2.74. The smallest absolute Gasteiger partial charge is 0.245 e. The van der Waals surface area contributed by atoms with Gasteiger partial charge in [0.1, 0.15) is 17.7 Å². The summed E-state index contributed by atoms with van der Waals surface area (Å²) in [6.45, 7) is 2.06. The van der Waals surface area contributed by atoms with Gasteiger partial charge in [-0.15, -0.1) is 0 Å². The van der Waals surface area contributed by atoms with Crippen LogP contribution in [0.2, 0.25) is 0 Å². The zero-order valence-electron chi connectivity index (χ0n) is 10.00. The molecule has 0 amide bonds. The molecule has 3 nitrogen and oxygen atoms in total. The average Bonchev–Trinajstić information content (AvgIpc) is 2.90. The Kier molecular flexibility index (Phi) is 2.65. The number of rotatable bonds is 2. The summed E-state index contributed by atoms with van der Waals surface area (Å²) in [5.74, 6) is 0.547. The van der Waals surface area contributed by atoms with Gasteiger partial charge < -0.3 is 4.42 Å². The van der Waals surface area contributed by atoms with Gasteiger partial charge in [0.25, 0.3) is 0 Å². The highest BCUT2D eigenvalue weighted by molar-refractivity contribution is 5.61. The Balaban J connectivity index is 1.97. The summed E-state index contributed by atoms with van der Waals surface area (Å²) < 4.78 is 5.46. The lowest BCUT2D eigenvalue weighted by atomic mass is 10.1. The van der Waals surface area contributed by atoms with Crippen LogP contribution in [0.15, 0.2) is 59.3 Å². The molecular formula is C15H12N2O. The van der Waals surface area contributed by atoms with Crippen molar-refractivity contribution >= 4 is 0 Å². The van der Waals surface area contributed by atoms with Crippen molar-refractivity contribution < 1.29 is 4.42 Å². The predicted octanol–water partition coefficient (Wildman–Crippen LogP) is 3.71. The van der Waals surface area contributed by atoms with Crippen molar-refractivity contribution in [2.45, 2.75) is 6.92 Å². The normalized spacial score (nSPS) is 10.5. The van der Waals surface area contributed by atoms with Crippen molar-refractivity contribution in [3.63, 3.8) is 0 Å². The van der Waals surface area contributed by atoms with Crippen LogP contribution in [0.25, 0.3) is 22.8 Å². The Bertz CT molecular complexity index is 642. The number of hydrogen-bond donors (Lipinski definition) is 0. The van der Waals surface area contributed by atoms with Gasteiger partial charge in [0, 0.05) is 11.8 Å². The molecule has 3 rings (SSSR count). The van der Waals surface area contributed by atoms with E-state index in [1.54, 1.807) is 12.5 Å². The molecule has 0 aliphatic rings. The van der Waals surface area contributed by atoms with Crippen LogP contribution in [0.5, 0.6) is 0 Å². The fourth-order valence-corrected chi connectivity index (χ4v) is 1.74. The number of nitrogens with zero attached hydrogens (tertiary/aromatic N) is 2. The Morgan fingerprint density at radius 1 is 0.944 bits per heavy atom. The third kappa shape index (κ3) is 2.02. The maximum atomic E-state index is 5.46. The van der Waals surface area contributed by atoms with Gasteiger partial charge in [0.15, 0.2) is 0 Å².